The SMILES string of the molecule is O=C(O)Cc1ccc(S(=O)(=O)Cc2ccno2)cc1. The number of aliphatic carboxylic acids is 1. The Bertz CT molecular complexity index is 659. The van der Waals surface area contributed by atoms with Crippen molar-refractivity contribution in [1.82, 2.24) is 5.16 Å². The van der Waals surface area contributed by atoms with E-state index in [1.54, 1.807) is 0 Å². The molecule has 0 radical (unpaired) electrons. The lowest BCUT2D eigenvalue weighted by molar-refractivity contribution is -0.136. The average molecular weight is 281 g/mol. The van der Waals surface area contributed by atoms with E-state index in [1.165, 1.54) is 36.5 Å². The fourth-order valence-corrected chi connectivity index (χ4v) is 2.82. The lowest BCUT2D eigenvalue weighted by Crippen LogP contribution is -2.05. The van der Waals surface area contributed by atoms with Gasteiger partial charge >= 0.3 is 5.97 Å². The predicted octanol–water partition coefficient (Wildman–Crippen LogP) is 1.28. The molecule has 1 aromatic heterocycles. The van der Waals surface area contributed by atoms with Crippen LogP contribution < -0.4 is 0 Å². The molecule has 6 nitrogen and oxygen atoms in total. The third kappa shape index (κ3) is 3.41. The maximum Gasteiger partial charge on any atom is 0.307 e. The maximum absolute atomic E-state index is 12.0. The zero-order valence-corrected chi connectivity index (χ0v) is 10.6. The Morgan fingerprint density at radius 1 is 1.21 bits per heavy atom. The summed E-state index contributed by atoms with van der Waals surface area (Å²) in [6.45, 7) is 0. The van der Waals surface area contributed by atoms with Crippen LogP contribution in [-0.2, 0) is 26.8 Å². The topological polar surface area (TPSA) is 97.5 Å². The first-order valence-corrected chi connectivity index (χ1v) is 7.06. The number of hydrogen-bond acceptors (Lipinski definition) is 5. The highest BCUT2D eigenvalue weighted by molar-refractivity contribution is 7.90. The van der Waals surface area contributed by atoms with Crippen molar-refractivity contribution in [2.75, 3.05) is 0 Å². The molecule has 100 valence electrons. The van der Waals surface area contributed by atoms with E-state index in [-0.39, 0.29) is 22.8 Å². The molecule has 0 spiro atoms. The van der Waals surface area contributed by atoms with E-state index in [2.05, 4.69) is 5.16 Å². The second kappa shape index (κ2) is 5.23. The normalized spacial score (nSPS) is 11.4. The van der Waals surface area contributed by atoms with Crippen molar-refractivity contribution >= 4 is 15.8 Å². The lowest BCUT2D eigenvalue weighted by Gasteiger charge is -2.03. The molecule has 1 N–H and O–H groups in total. The minimum absolute atomic E-state index is 0.123. The molecule has 2 aromatic rings. The van der Waals surface area contributed by atoms with Crippen LogP contribution in [0.1, 0.15) is 11.3 Å². The number of benzene rings is 1. The third-order valence-electron chi connectivity index (χ3n) is 2.46. The zero-order valence-electron chi connectivity index (χ0n) is 9.81. The third-order valence-corrected chi connectivity index (χ3v) is 4.12. The average Bonchev–Trinajstić information content (AvgIpc) is 2.81. The highest BCUT2D eigenvalue weighted by Gasteiger charge is 2.17. The van der Waals surface area contributed by atoms with E-state index < -0.39 is 15.8 Å². The Balaban J connectivity index is 2.19. The number of aromatic nitrogens is 1. The Morgan fingerprint density at radius 2 is 1.89 bits per heavy atom. The molecule has 0 aliphatic rings. The molecule has 0 unspecified atom stereocenters. The van der Waals surface area contributed by atoms with E-state index in [9.17, 15) is 13.2 Å². The van der Waals surface area contributed by atoms with E-state index in [1.807, 2.05) is 0 Å². The van der Waals surface area contributed by atoms with Crippen LogP contribution in [0, 0.1) is 0 Å². The molecule has 7 heteroatoms. The maximum atomic E-state index is 12.0. The molecule has 0 fully saturated rings. The fraction of sp³-hybridized carbons (Fsp3) is 0.167. The molecule has 19 heavy (non-hydrogen) atoms. The van der Waals surface area contributed by atoms with E-state index in [0.717, 1.165) is 0 Å². The second-order valence-electron chi connectivity index (χ2n) is 3.95. The first kappa shape index (κ1) is 13.3. The van der Waals surface area contributed by atoms with Crippen LogP contribution in [0.5, 0.6) is 0 Å². The van der Waals surface area contributed by atoms with Crippen molar-refractivity contribution in [2.45, 2.75) is 17.1 Å². The summed E-state index contributed by atoms with van der Waals surface area (Å²) in [6.07, 6.45) is 1.24. The van der Waals surface area contributed by atoms with Gasteiger partial charge in [0.1, 0.15) is 5.75 Å². The standard InChI is InChI=1S/C12H11NO5S/c14-12(15)7-9-1-3-11(4-2-9)19(16,17)8-10-5-6-13-18-10/h1-6H,7-8H2,(H,14,15). The molecule has 0 atom stereocenters. The summed E-state index contributed by atoms with van der Waals surface area (Å²) in [5.41, 5.74) is 0.547. The van der Waals surface area contributed by atoms with Gasteiger partial charge in [0.15, 0.2) is 15.6 Å². The zero-order chi connectivity index (χ0) is 13.9. The largest absolute Gasteiger partial charge is 0.481 e. The number of rotatable bonds is 5. The summed E-state index contributed by atoms with van der Waals surface area (Å²) in [4.78, 5) is 10.6. The van der Waals surface area contributed by atoms with Gasteiger partial charge < -0.3 is 9.63 Å². The van der Waals surface area contributed by atoms with Crippen molar-refractivity contribution in [3.05, 3.63) is 47.9 Å². The predicted molar refractivity (Wildman–Crippen MR) is 65.2 cm³/mol. The Hall–Kier alpha value is -2.15. The van der Waals surface area contributed by atoms with Crippen molar-refractivity contribution in [3.63, 3.8) is 0 Å². The van der Waals surface area contributed by atoms with Gasteiger partial charge in [-0.3, -0.25) is 4.79 Å². The second-order valence-corrected chi connectivity index (χ2v) is 5.94. The van der Waals surface area contributed by atoms with Gasteiger partial charge in [-0.2, -0.15) is 0 Å². The number of carboxylic acids is 1. The van der Waals surface area contributed by atoms with Crippen LogP contribution in [0.2, 0.25) is 0 Å². The highest BCUT2D eigenvalue weighted by atomic mass is 32.2. The summed E-state index contributed by atoms with van der Waals surface area (Å²) >= 11 is 0. The van der Waals surface area contributed by atoms with Gasteiger partial charge in [-0.05, 0) is 17.7 Å². The van der Waals surface area contributed by atoms with Crippen molar-refractivity contribution in [2.24, 2.45) is 0 Å². The molecule has 1 heterocycles. The number of nitrogens with zero attached hydrogens (tertiary/aromatic N) is 1. The van der Waals surface area contributed by atoms with Crippen LogP contribution in [0.15, 0.2) is 45.9 Å². The summed E-state index contributed by atoms with van der Waals surface area (Å²) < 4.78 is 28.8. The summed E-state index contributed by atoms with van der Waals surface area (Å²) in [5, 5.41) is 12.1. The van der Waals surface area contributed by atoms with Gasteiger partial charge in [0.25, 0.3) is 0 Å². The molecule has 2 rings (SSSR count). The van der Waals surface area contributed by atoms with E-state index >= 15 is 0 Å². The summed E-state index contributed by atoms with van der Waals surface area (Å²) in [6, 6.07) is 7.24. The lowest BCUT2D eigenvalue weighted by atomic mass is 10.2. The summed E-state index contributed by atoms with van der Waals surface area (Å²) in [7, 11) is -3.51. The first-order chi connectivity index (χ1) is 8.97. The quantitative estimate of drug-likeness (QED) is 0.886. The van der Waals surface area contributed by atoms with Gasteiger partial charge in [-0.15, -0.1) is 0 Å². The minimum atomic E-state index is -3.51. The molecule has 0 saturated heterocycles. The molecule has 0 saturated carbocycles. The Morgan fingerprint density at radius 3 is 2.42 bits per heavy atom. The number of sulfone groups is 1. The monoisotopic (exact) mass is 281 g/mol. The number of hydrogen-bond donors (Lipinski definition) is 1. The van der Waals surface area contributed by atoms with Gasteiger partial charge in [-0.25, -0.2) is 8.42 Å². The van der Waals surface area contributed by atoms with E-state index in [4.69, 9.17) is 9.63 Å². The van der Waals surface area contributed by atoms with Crippen LogP contribution in [-0.4, -0.2) is 24.7 Å². The van der Waals surface area contributed by atoms with Crippen molar-refractivity contribution < 1.29 is 22.8 Å². The number of carboxylic acid groups (broad SMARTS) is 1. The molecule has 0 bridgehead atoms. The van der Waals surface area contributed by atoms with Gasteiger partial charge in [-0.1, -0.05) is 17.3 Å². The number of carbonyl (C=O) groups is 1. The Kier molecular flexibility index (Phi) is 3.66. The van der Waals surface area contributed by atoms with E-state index in [0.29, 0.717) is 5.56 Å². The highest BCUT2D eigenvalue weighted by Crippen LogP contribution is 2.17. The first-order valence-electron chi connectivity index (χ1n) is 5.40. The van der Waals surface area contributed by atoms with Crippen LogP contribution in [0.3, 0.4) is 0 Å². The smallest absolute Gasteiger partial charge is 0.307 e. The van der Waals surface area contributed by atoms with Gasteiger partial charge in [0, 0.05) is 6.07 Å². The van der Waals surface area contributed by atoms with Crippen LogP contribution in [0.4, 0.5) is 0 Å². The molecule has 0 aliphatic heterocycles. The molecule has 0 aliphatic carbocycles. The molecule has 0 amide bonds. The van der Waals surface area contributed by atoms with Crippen LogP contribution in [0.25, 0.3) is 0 Å². The van der Waals surface area contributed by atoms with Crippen molar-refractivity contribution in [1.29, 1.82) is 0 Å². The fourth-order valence-electron chi connectivity index (χ4n) is 1.58. The summed E-state index contributed by atoms with van der Waals surface area (Å²) in [5.74, 6) is -0.975. The van der Waals surface area contributed by atoms with Gasteiger partial charge in [0.2, 0.25) is 0 Å². The molecular formula is C12H11NO5S. The van der Waals surface area contributed by atoms with Crippen LogP contribution >= 0.6 is 0 Å². The van der Waals surface area contributed by atoms with Gasteiger partial charge in [0.05, 0.1) is 17.5 Å². The molecule has 1 aromatic carbocycles. The Labute approximate surface area is 109 Å². The molecular weight excluding hydrogens is 270 g/mol. The van der Waals surface area contributed by atoms with Crippen molar-refractivity contribution in [3.8, 4) is 0 Å². The minimum Gasteiger partial charge on any atom is -0.481 e.